The van der Waals surface area contributed by atoms with Gasteiger partial charge in [0.05, 0.1) is 5.54 Å². The van der Waals surface area contributed by atoms with Crippen LogP contribution in [0.2, 0.25) is 5.21 Å². The van der Waals surface area contributed by atoms with Crippen LogP contribution < -0.4 is 11.2 Å². The molecule has 2 nitrogen and oxygen atoms in total. The molecule has 2 aliphatic rings. The molecule has 2 unspecified atom stereocenters. The summed E-state index contributed by atoms with van der Waals surface area (Å²) in [6.07, 6.45) is 2.22. The number of ketones is 1. The van der Waals surface area contributed by atoms with E-state index >= 15 is 0 Å². The van der Waals surface area contributed by atoms with Gasteiger partial charge < -0.3 is 5.73 Å². The zero-order valence-electron chi connectivity index (χ0n) is 9.87. The first-order valence-corrected chi connectivity index (χ1v) is 6.51. The molecule has 0 spiro atoms. The lowest BCUT2D eigenvalue weighted by Crippen LogP contribution is -2.57. The molecule has 1 aromatic rings. The van der Waals surface area contributed by atoms with Gasteiger partial charge in [0.25, 0.3) is 6.13 Å². The number of Topliss-reactive ketones (excluding diaryl/α,β-unsaturated/α-hetero) is 1. The number of halogens is 1. The Morgan fingerprint density at radius 3 is 2.88 bits per heavy atom. The number of benzene rings is 1. The van der Waals surface area contributed by atoms with Crippen molar-refractivity contribution < 1.29 is 4.79 Å². The fourth-order valence-corrected chi connectivity index (χ4v) is 4.01. The normalized spacial score (nSPS) is 35.6. The lowest BCUT2D eigenvalue weighted by atomic mass is 9.34. The highest BCUT2D eigenvalue weighted by atomic mass is 35.5. The van der Waals surface area contributed by atoms with E-state index in [0.717, 1.165) is 23.9 Å². The second kappa shape index (κ2) is 3.39. The Morgan fingerprint density at radius 1 is 1.41 bits per heavy atom. The molecule has 2 N–H and O–H groups in total. The van der Waals surface area contributed by atoms with Gasteiger partial charge in [-0.05, 0) is 17.2 Å². The van der Waals surface area contributed by atoms with E-state index in [1.807, 2.05) is 24.3 Å². The number of carbonyl (C=O) groups is 1. The Bertz CT molecular complexity index is 509. The predicted octanol–water partition coefficient (Wildman–Crippen LogP) is 0.376. The summed E-state index contributed by atoms with van der Waals surface area (Å²) in [5.74, 6) is 0.141. The van der Waals surface area contributed by atoms with E-state index in [2.05, 4.69) is 7.85 Å². The molecule has 1 heterocycles. The van der Waals surface area contributed by atoms with Crippen LogP contribution in [0, 0.1) is 0 Å². The molecule has 0 saturated heterocycles. The first-order valence-electron chi connectivity index (χ1n) is 6.07. The third-order valence-corrected chi connectivity index (χ3v) is 5.38. The first kappa shape index (κ1) is 11.4. The lowest BCUT2D eigenvalue weighted by molar-refractivity contribution is -0.126. The minimum absolute atomic E-state index is 0.141. The third-order valence-electron chi connectivity index (χ3n) is 4.66. The van der Waals surface area contributed by atoms with Crippen molar-refractivity contribution in [3.05, 3.63) is 29.8 Å². The average molecular weight is 245 g/mol. The molecule has 86 valence electrons. The van der Waals surface area contributed by atoms with Gasteiger partial charge in [-0.2, -0.15) is 11.5 Å². The monoisotopic (exact) mass is 245 g/mol. The van der Waals surface area contributed by atoms with Gasteiger partial charge in [-0.25, -0.2) is 0 Å². The van der Waals surface area contributed by atoms with Gasteiger partial charge in [-0.1, -0.05) is 36.1 Å². The number of rotatable bonds is 0. The van der Waals surface area contributed by atoms with Crippen LogP contribution in [0.4, 0.5) is 0 Å². The molecule has 1 fully saturated rings. The van der Waals surface area contributed by atoms with Crippen LogP contribution in [0.3, 0.4) is 0 Å². The average Bonchev–Trinajstić information content (AvgIpc) is 2.51. The largest absolute Gasteiger partial charge is 0.316 e. The van der Waals surface area contributed by atoms with Crippen LogP contribution >= 0.6 is 11.5 Å². The summed E-state index contributed by atoms with van der Waals surface area (Å²) >= 11 is 6.58. The molecule has 0 amide bonds. The minimum atomic E-state index is -0.881. The summed E-state index contributed by atoms with van der Waals surface area (Å²) < 4.78 is 0. The highest BCUT2D eigenvalue weighted by Crippen LogP contribution is 2.56. The topological polar surface area (TPSA) is 43.1 Å². The van der Waals surface area contributed by atoms with E-state index in [9.17, 15) is 4.79 Å². The summed E-state index contributed by atoms with van der Waals surface area (Å²) in [5, 5.41) is -0.340. The Labute approximate surface area is 107 Å². The molecule has 0 aromatic heterocycles. The van der Waals surface area contributed by atoms with Crippen LogP contribution in [0.25, 0.3) is 0 Å². The molecule has 0 bridgehead atoms. The quantitative estimate of drug-likeness (QED) is 0.671. The number of nitrogens with two attached hydrogens (primary N) is 1. The molecule has 17 heavy (non-hydrogen) atoms. The number of hydrogen-bond acceptors (Lipinski definition) is 2. The van der Waals surface area contributed by atoms with Crippen molar-refractivity contribution in [3.8, 4) is 0 Å². The second-order valence-electron chi connectivity index (χ2n) is 5.45. The molecule has 1 saturated carbocycles. The van der Waals surface area contributed by atoms with E-state index in [4.69, 9.17) is 17.2 Å². The maximum absolute atomic E-state index is 12.3. The van der Waals surface area contributed by atoms with Crippen molar-refractivity contribution in [2.75, 3.05) is 0 Å². The van der Waals surface area contributed by atoms with E-state index in [0.29, 0.717) is 6.42 Å². The number of carbonyl (C=O) groups excluding carboxylic acids is 1. The molecular weight excluding hydrogens is 231 g/mol. The van der Waals surface area contributed by atoms with Crippen LogP contribution in [-0.2, 0) is 10.3 Å². The van der Waals surface area contributed by atoms with E-state index in [1.54, 1.807) is 0 Å². The predicted molar refractivity (Wildman–Crippen MR) is 73.6 cm³/mol. The summed E-state index contributed by atoms with van der Waals surface area (Å²) in [4.78, 5) is 12.3. The van der Waals surface area contributed by atoms with Gasteiger partial charge in [0.15, 0.2) is 5.78 Å². The first-order chi connectivity index (χ1) is 8.02. The van der Waals surface area contributed by atoms with Crippen molar-refractivity contribution in [2.24, 2.45) is 5.73 Å². The molecule has 1 aromatic carbocycles. The van der Waals surface area contributed by atoms with Crippen molar-refractivity contribution in [1.82, 2.24) is 0 Å². The number of fused-ring (bicyclic) bond motifs is 3. The highest BCUT2D eigenvalue weighted by Gasteiger charge is 2.63. The van der Waals surface area contributed by atoms with Gasteiger partial charge in [0.2, 0.25) is 0 Å². The van der Waals surface area contributed by atoms with Gasteiger partial charge in [0.1, 0.15) is 7.85 Å². The molecule has 3 rings (SSSR count). The standard InChI is InChI=1S/C12H14B2ClNO/c13-11-7-3-6-10(17)12(11,16)8-4-1-2-5-9(8)14(11)15/h1-2,4-5H,3,6-7,13,16H2. The smallest absolute Gasteiger partial charge is 0.284 e. The molecule has 5 heteroatoms. The summed E-state index contributed by atoms with van der Waals surface area (Å²) in [6, 6.07) is 7.85. The van der Waals surface area contributed by atoms with Gasteiger partial charge in [-0.3, -0.25) is 4.79 Å². The number of hydrogen-bond donors (Lipinski definition) is 1. The van der Waals surface area contributed by atoms with Crippen molar-refractivity contribution in [1.29, 1.82) is 0 Å². The Morgan fingerprint density at radius 2 is 2.12 bits per heavy atom. The van der Waals surface area contributed by atoms with E-state index < -0.39 is 5.54 Å². The zero-order valence-corrected chi connectivity index (χ0v) is 10.6. The minimum Gasteiger partial charge on any atom is -0.316 e. The van der Waals surface area contributed by atoms with Gasteiger partial charge in [-0.15, -0.1) is 0 Å². The summed E-state index contributed by atoms with van der Waals surface area (Å²) in [6.45, 7) is 0. The van der Waals surface area contributed by atoms with Crippen molar-refractivity contribution in [3.63, 3.8) is 0 Å². The van der Waals surface area contributed by atoms with Gasteiger partial charge in [0, 0.05) is 6.42 Å². The third kappa shape index (κ3) is 1.15. The van der Waals surface area contributed by atoms with Crippen LogP contribution in [0.15, 0.2) is 24.3 Å². The second-order valence-corrected chi connectivity index (χ2v) is 5.89. The van der Waals surface area contributed by atoms with Crippen LogP contribution in [0.1, 0.15) is 24.8 Å². The van der Waals surface area contributed by atoms with E-state index in [1.165, 1.54) is 0 Å². The highest BCUT2D eigenvalue weighted by molar-refractivity contribution is 7.19. The SMILES string of the molecule is BC12CCCC(=O)C1(N)c1ccccc1B2Cl. The fraction of sp³-hybridized carbons (Fsp3) is 0.417. The van der Waals surface area contributed by atoms with E-state index in [-0.39, 0.29) is 17.1 Å². The maximum Gasteiger partial charge on any atom is 0.284 e. The van der Waals surface area contributed by atoms with Crippen LogP contribution in [-0.4, -0.2) is 19.8 Å². The van der Waals surface area contributed by atoms with Crippen molar-refractivity contribution >= 4 is 36.7 Å². The molecule has 0 radical (unpaired) electrons. The Hall–Kier alpha value is -0.730. The summed E-state index contributed by atoms with van der Waals surface area (Å²) in [7, 11) is 2.06. The van der Waals surface area contributed by atoms with Gasteiger partial charge >= 0.3 is 0 Å². The maximum atomic E-state index is 12.3. The van der Waals surface area contributed by atoms with Crippen LogP contribution in [0.5, 0.6) is 0 Å². The zero-order chi connectivity index (χ0) is 12.3. The molecule has 2 atom stereocenters. The van der Waals surface area contributed by atoms with Crippen molar-refractivity contribution in [2.45, 2.75) is 30.0 Å². The lowest BCUT2D eigenvalue weighted by Gasteiger charge is -2.45. The summed E-state index contributed by atoms with van der Waals surface area (Å²) in [5.41, 5.74) is 7.60. The molecular formula is C12H14B2ClNO. The Balaban J connectivity index is 2.29. The fourth-order valence-electron chi connectivity index (χ4n) is 3.53. The Kier molecular flexibility index (Phi) is 2.27. The molecule has 1 aliphatic heterocycles. The molecule has 1 aliphatic carbocycles.